The molecule has 2 amide bonds. The minimum atomic E-state index is -0.933. The lowest BCUT2D eigenvalue weighted by molar-refractivity contribution is -0.137. The largest absolute Gasteiger partial charge is 0.481 e. The molecule has 0 radical (unpaired) electrons. The third-order valence-corrected chi connectivity index (χ3v) is 6.51. The van der Waals surface area contributed by atoms with E-state index in [0.717, 1.165) is 29.5 Å². The molecule has 172 valence electrons. The molecule has 1 saturated heterocycles. The molecule has 1 fully saturated rings. The van der Waals surface area contributed by atoms with Crippen molar-refractivity contribution >= 4 is 52.2 Å². The van der Waals surface area contributed by atoms with E-state index in [1.807, 2.05) is 48.5 Å². The fraction of sp³-hybridized carbons (Fsp3) is 0.280. The number of carbonyl (C=O) groups is 3. The molecule has 2 aromatic rings. The number of carboxylic acid groups (broad SMARTS) is 1. The third-order valence-electron chi connectivity index (χ3n) is 5.14. The summed E-state index contributed by atoms with van der Waals surface area (Å²) in [6, 6.07) is 18.2. The zero-order chi connectivity index (χ0) is 23.6. The molecule has 6 nitrogen and oxygen atoms in total. The molecular formula is C25H26N2O4S2. The van der Waals surface area contributed by atoms with E-state index in [1.165, 1.54) is 11.8 Å². The van der Waals surface area contributed by atoms with E-state index >= 15 is 0 Å². The van der Waals surface area contributed by atoms with Gasteiger partial charge in [-0.3, -0.25) is 19.3 Å². The van der Waals surface area contributed by atoms with E-state index in [9.17, 15) is 14.4 Å². The monoisotopic (exact) mass is 482 g/mol. The number of benzene rings is 2. The van der Waals surface area contributed by atoms with E-state index in [4.69, 9.17) is 17.3 Å². The lowest BCUT2D eigenvalue weighted by Gasteiger charge is -2.14. The Hall–Kier alpha value is -2.97. The third kappa shape index (κ3) is 7.54. The minimum absolute atomic E-state index is 0.0784. The topological polar surface area (TPSA) is 86.7 Å². The summed E-state index contributed by atoms with van der Waals surface area (Å²) in [5.41, 5.74) is 3.22. The van der Waals surface area contributed by atoms with Crippen LogP contribution in [0.3, 0.4) is 0 Å². The summed E-state index contributed by atoms with van der Waals surface area (Å²) in [5.74, 6) is -1.16. The van der Waals surface area contributed by atoms with E-state index in [0.29, 0.717) is 28.6 Å². The van der Waals surface area contributed by atoms with Crippen molar-refractivity contribution in [2.24, 2.45) is 0 Å². The first kappa shape index (κ1) is 24.7. The van der Waals surface area contributed by atoms with Crippen LogP contribution in [-0.4, -0.2) is 45.2 Å². The van der Waals surface area contributed by atoms with Crippen LogP contribution < -0.4 is 5.32 Å². The molecule has 1 aliphatic heterocycles. The number of amides is 2. The standard InChI is InChI=1S/C25H26N2O4S2/c28-22(26-15-14-23(29)30)9-5-2-6-16-27-24(31)21(33-25(27)32)17-18-10-12-20(13-11-18)19-7-3-1-4-8-19/h1,3-4,7-8,10-13,17H,2,5-6,9,14-16H2,(H,26,28)(H,29,30)/b21-17-. The Morgan fingerprint density at radius 1 is 0.970 bits per heavy atom. The smallest absolute Gasteiger partial charge is 0.305 e. The van der Waals surface area contributed by atoms with Gasteiger partial charge in [-0.1, -0.05) is 85.0 Å². The fourth-order valence-electron chi connectivity index (χ4n) is 3.38. The highest BCUT2D eigenvalue weighted by molar-refractivity contribution is 8.26. The van der Waals surface area contributed by atoms with Gasteiger partial charge in [0.2, 0.25) is 5.91 Å². The maximum atomic E-state index is 12.8. The maximum absolute atomic E-state index is 12.8. The summed E-state index contributed by atoms with van der Waals surface area (Å²) in [6.07, 6.45) is 4.34. The highest BCUT2D eigenvalue weighted by Crippen LogP contribution is 2.33. The Morgan fingerprint density at radius 2 is 1.67 bits per heavy atom. The lowest BCUT2D eigenvalue weighted by atomic mass is 10.0. The van der Waals surface area contributed by atoms with E-state index < -0.39 is 5.97 Å². The Labute approximate surface area is 203 Å². The van der Waals surface area contributed by atoms with Crippen molar-refractivity contribution in [2.45, 2.75) is 32.1 Å². The van der Waals surface area contributed by atoms with Crippen LogP contribution in [0.5, 0.6) is 0 Å². The van der Waals surface area contributed by atoms with Gasteiger partial charge in [0.15, 0.2) is 0 Å². The first-order valence-corrected chi connectivity index (χ1v) is 12.1. The van der Waals surface area contributed by atoms with Gasteiger partial charge in [0.25, 0.3) is 5.91 Å². The molecule has 1 aliphatic rings. The number of thioether (sulfide) groups is 1. The SMILES string of the molecule is O=C(O)CCNC(=O)CCCCCN1C(=O)/C(=C/c2ccc(-c3ccccc3)cc2)SC1=S. The predicted octanol–water partition coefficient (Wildman–Crippen LogP) is 4.71. The van der Waals surface area contributed by atoms with Crippen LogP contribution in [0.25, 0.3) is 17.2 Å². The second-order valence-electron chi connectivity index (χ2n) is 7.63. The van der Waals surface area contributed by atoms with Crippen molar-refractivity contribution in [2.75, 3.05) is 13.1 Å². The van der Waals surface area contributed by atoms with Gasteiger partial charge < -0.3 is 10.4 Å². The Morgan fingerprint density at radius 3 is 2.36 bits per heavy atom. The van der Waals surface area contributed by atoms with Crippen LogP contribution in [0.15, 0.2) is 59.5 Å². The molecule has 0 aliphatic carbocycles. The molecule has 1 heterocycles. The molecule has 8 heteroatoms. The molecule has 0 atom stereocenters. The van der Waals surface area contributed by atoms with Crippen molar-refractivity contribution in [3.63, 3.8) is 0 Å². The maximum Gasteiger partial charge on any atom is 0.305 e. The van der Waals surface area contributed by atoms with Crippen molar-refractivity contribution in [3.05, 3.63) is 65.1 Å². The molecule has 2 N–H and O–H groups in total. The second-order valence-corrected chi connectivity index (χ2v) is 9.30. The van der Waals surface area contributed by atoms with Gasteiger partial charge in [0.1, 0.15) is 4.32 Å². The zero-order valence-corrected chi connectivity index (χ0v) is 19.8. The number of thiocarbonyl (C=S) groups is 1. The van der Waals surface area contributed by atoms with Crippen LogP contribution in [0, 0.1) is 0 Å². The van der Waals surface area contributed by atoms with Gasteiger partial charge in [-0.05, 0) is 35.6 Å². The number of hydrogen-bond donors (Lipinski definition) is 2. The second kappa shape index (κ2) is 12.3. The van der Waals surface area contributed by atoms with Crippen molar-refractivity contribution < 1.29 is 19.5 Å². The molecule has 0 aromatic heterocycles. The number of carboxylic acids is 1. The molecule has 33 heavy (non-hydrogen) atoms. The van der Waals surface area contributed by atoms with E-state index in [2.05, 4.69) is 17.4 Å². The lowest BCUT2D eigenvalue weighted by Crippen LogP contribution is -2.29. The van der Waals surface area contributed by atoms with Gasteiger partial charge in [-0.2, -0.15) is 0 Å². The summed E-state index contributed by atoms with van der Waals surface area (Å²) in [6.45, 7) is 0.668. The number of unbranched alkanes of at least 4 members (excludes halogenated alkanes) is 2. The molecule has 0 spiro atoms. The molecular weight excluding hydrogens is 456 g/mol. The molecule has 0 bridgehead atoms. The average Bonchev–Trinajstić information content (AvgIpc) is 3.07. The van der Waals surface area contributed by atoms with Gasteiger partial charge in [-0.25, -0.2) is 0 Å². The number of carbonyl (C=O) groups excluding carboxylic acids is 2. The summed E-state index contributed by atoms with van der Waals surface area (Å²) in [7, 11) is 0. The van der Waals surface area contributed by atoms with Crippen molar-refractivity contribution in [1.29, 1.82) is 0 Å². The average molecular weight is 483 g/mol. The molecule has 3 rings (SSSR count). The summed E-state index contributed by atoms with van der Waals surface area (Å²) in [4.78, 5) is 37.1. The van der Waals surface area contributed by atoms with Crippen LogP contribution >= 0.6 is 24.0 Å². The highest BCUT2D eigenvalue weighted by atomic mass is 32.2. The van der Waals surface area contributed by atoms with Crippen LogP contribution in [0.1, 0.15) is 37.7 Å². The first-order chi connectivity index (χ1) is 15.9. The Kier molecular flexibility index (Phi) is 9.21. The van der Waals surface area contributed by atoms with Gasteiger partial charge >= 0.3 is 5.97 Å². The number of rotatable bonds is 11. The minimum Gasteiger partial charge on any atom is -0.481 e. The summed E-state index contributed by atoms with van der Waals surface area (Å²) in [5, 5.41) is 11.2. The van der Waals surface area contributed by atoms with Crippen molar-refractivity contribution in [3.8, 4) is 11.1 Å². The normalized spacial score (nSPS) is 14.7. The van der Waals surface area contributed by atoms with Gasteiger partial charge in [0.05, 0.1) is 11.3 Å². The predicted molar refractivity (Wildman–Crippen MR) is 135 cm³/mol. The van der Waals surface area contributed by atoms with Gasteiger partial charge in [0, 0.05) is 19.5 Å². The number of nitrogens with one attached hydrogen (secondary N) is 1. The number of nitrogens with zero attached hydrogens (tertiary/aromatic N) is 1. The molecule has 2 aromatic carbocycles. The van der Waals surface area contributed by atoms with Crippen LogP contribution in [0.2, 0.25) is 0 Å². The quantitative estimate of drug-likeness (QED) is 0.274. The van der Waals surface area contributed by atoms with Crippen LogP contribution in [0.4, 0.5) is 0 Å². The van der Waals surface area contributed by atoms with Crippen molar-refractivity contribution in [1.82, 2.24) is 10.2 Å². The molecule has 0 unspecified atom stereocenters. The van der Waals surface area contributed by atoms with E-state index in [-0.39, 0.29) is 24.8 Å². The number of aliphatic carboxylic acids is 1. The molecule has 0 saturated carbocycles. The van der Waals surface area contributed by atoms with E-state index in [1.54, 1.807) is 4.90 Å². The summed E-state index contributed by atoms with van der Waals surface area (Å²) < 4.78 is 0.554. The summed E-state index contributed by atoms with van der Waals surface area (Å²) >= 11 is 6.71. The zero-order valence-electron chi connectivity index (χ0n) is 18.2. The Bertz CT molecular complexity index is 1040. The number of hydrogen-bond acceptors (Lipinski definition) is 5. The van der Waals surface area contributed by atoms with Gasteiger partial charge in [-0.15, -0.1) is 0 Å². The first-order valence-electron chi connectivity index (χ1n) is 10.8. The van der Waals surface area contributed by atoms with Crippen LogP contribution in [-0.2, 0) is 14.4 Å². The Balaban J connectivity index is 1.45. The highest BCUT2D eigenvalue weighted by Gasteiger charge is 2.31. The fourth-order valence-corrected chi connectivity index (χ4v) is 4.68.